The Morgan fingerprint density at radius 2 is 1.77 bits per heavy atom. The van der Waals surface area contributed by atoms with Gasteiger partial charge in [-0.05, 0) is 77.5 Å². The molecule has 2 N–H and O–H groups in total. The van der Waals surface area contributed by atoms with E-state index in [-0.39, 0.29) is 29.6 Å². The molecule has 0 radical (unpaired) electrons. The lowest BCUT2D eigenvalue weighted by atomic mass is 9.83. The Morgan fingerprint density at radius 1 is 1.05 bits per heavy atom. The molecule has 3 amide bonds. The number of halogens is 1. The van der Waals surface area contributed by atoms with E-state index < -0.39 is 23.8 Å². The van der Waals surface area contributed by atoms with E-state index in [0.29, 0.717) is 24.5 Å². The van der Waals surface area contributed by atoms with Crippen molar-refractivity contribution in [1.29, 1.82) is 0 Å². The minimum absolute atomic E-state index is 0.0206. The summed E-state index contributed by atoms with van der Waals surface area (Å²) in [7, 11) is 1.53. The maximum absolute atomic E-state index is 14.2. The Morgan fingerprint density at radius 3 is 2.47 bits per heavy atom. The molecule has 1 saturated carbocycles. The molecule has 234 valence electrons. The first-order valence-electron chi connectivity index (χ1n) is 15.5. The molecule has 1 saturated heterocycles. The van der Waals surface area contributed by atoms with Crippen molar-refractivity contribution < 1.29 is 23.5 Å². The number of hydrogen-bond donors (Lipinski definition) is 2. The number of nitrogens with zero attached hydrogens (tertiary/aromatic N) is 3. The third kappa shape index (κ3) is 8.45. The first-order chi connectivity index (χ1) is 20.4. The van der Waals surface area contributed by atoms with Gasteiger partial charge in [-0.15, -0.1) is 0 Å². The lowest BCUT2D eigenvalue weighted by Gasteiger charge is -2.36. The van der Waals surface area contributed by atoms with Gasteiger partial charge in [-0.25, -0.2) is 14.2 Å². The van der Waals surface area contributed by atoms with Gasteiger partial charge in [0.15, 0.2) is 0 Å². The van der Waals surface area contributed by atoms with Gasteiger partial charge < -0.3 is 20.3 Å². The summed E-state index contributed by atoms with van der Waals surface area (Å²) in [5.74, 6) is -0.142. The second-order valence-corrected chi connectivity index (χ2v) is 12.7. The standard InChI is InChI=1S/C33H46FN5O4/c1-22(38(5)32(42)43-33(2,3)4)30(40)37-29(23-13-7-6-8-14-23)31(41)39-20-12-18-27(39)26-17-11-19-28(36-26)35-21-24-15-9-10-16-25(24)34/h9-11,15-17,19,22-23,27,29H,6-8,12-14,18,20-21H2,1-5H3,(H,35,36)(H,37,40)/t22-,27-,29-/m0/s1. The number of amides is 3. The summed E-state index contributed by atoms with van der Waals surface area (Å²) in [5.41, 5.74) is 0.618. The predicted molar refractivity (Wildman–Crippen MR) is 164 cm³/mol. The van der Waals surface area contributed by atoms with E-state index in [4.69, 9.17) is 9.72 Å². The lowest BCUT2D eigenvalue weighted by Crippen LogP contribution is -2.56. The minimum Gasteiger partial charge on any atom is -0.444 e. The zero-order valence-electron chi connectivity index (χ0n) is 26.1. The summed E-state index contributed by atoms with van der Waals surface area (Å²) in [6, 6.07) is 10.5. The van der Waals surface area contributed by atoms with E-state index >= 15 is 0 Å². The number of pyridine rings is 1. The first kappa shape index (κ1) is 32.2. The number of benzene rings is 1. The quantitative estimate of drug-likeness (QED) is 0.379. The van der Waals surface area contributed by atoms with Gasteiger partial charge >= 0.3 is 6.09 Å². The number of likely N-dealkylation sites (tertiary alicyclic amines) is 1. The first-order valence-corrected chi connectivity index (χ1v) is 15.5. The number of hydrogen-bond acceptors (Lipinski definition) is 6. The number of ether oxygens (including phenoxy) is 1. The highest BCUT2D eigenvalue weighted by atomic mass is 19.1. The molecule has 2 aromatic rings. The summed E-state index contributed by atoms with van der Waals surface area (Å²) in [6.45, 7) is 7.84. The second-order valence-electron chi connectivity index (χ2n) is 12.7. The van der Waals surface area contributed by atoms with Crippen LogP contribution in [0.2, 0.25) is 0 Å². The maximum Gasteiger partial charge on any atom is 0.410 e. The van der Waals surface area contributed by atoms with Crippen molar-refractivity contribution in [3.63, 3.8) is 0 Å². The molecule has 1 aromatic heterocycles. The molecule has 2 fully saturated rings. The molecule has 4 rings (SSSR count). The van der Waals surface area contributed by atoms with Crippen LogP contribution in [0.4, 0.5) is 15.0 Å². The Balaban J connectivity index is 1.49. The molecule has 3 atom stereocenters. The highest BCUT2D eigenvalue weighted by Crippen LogP contribution is 2.35. The summed E-state index contributed by atoms with van der Waals surface area (Å²) in [5, 5.41) is 6.24. The highest BCUT2D eigenvalue weighted by Gasteiger charge is 2.40. The van der Waals surface area contributed by atoms with Gasteiger partial charge in [-0.1, -0.05) is 43.5 Å². The summed E-state index contributed by atoms with van der Waals surface area (Å²) >= 11 is 0. The monoisotopic (exact) mass is 595 g/mol. The molecule has 1 aliphatic carbocycles. The van der Waals surface area contributed by atoms with E-state index in [0.717, 1.165) is 50.6 Å². The molecular weight excluding hydrogens is 549 g/mol. The van der Waals surface area contributed by atoms with Crippen LogP contribution in [-0.2, 0) is 20.9 Å². The number of likely N-dealkylation sites (N-methyl/N-ethyl adjacent to an activating group) is 1. The highest BCUT2D eigenvalue weighted by molar-refractivity contribution is 5.91. The van der Waals surface area contributed by atoms with Crippen LogP contribution in [0, 0.1) is 11.7 Å². The third-order valence-corrected chi connectivity index (χ3v) is 8.39. The SMILES string of the molecule is C[C@@H](C(=O)N[C@H](C(=O)N1CCC[C@H]1c1cccc(NCc2ccccc2F)n1)C1CCCCC1)N(C)C(=O)OC(C)(C)C. The van der Waals surface area contributed by atoms with Crippen LogP contribution in [0.1, 0.15) is 89.9 Å². The largest absolute Gasteiger partial charge is 0.444 e. The normalized spacial score (nSPS) is 18.9. The van der Waals surface area contributed by atoms with Crippen LogP contribution in [0.15, 0.2) is 42.5 Å². The Labute approximate surface area is 254 Å². The van der Waals surface area contributed by atoms with Crippen molar-refractivity contribution in [3.05, 3.63) is 59.5 Å². The van der Waals surface area contributed by atoms with E-state index in [1.807, 2.05) is 23.1 Å². The Kier molecular flexibility index (Phi) is 10.6. The Bertz CT molecular complexity index is 1280. The fraction of sp³-hybridized carbons (Fsp3) is 0.576. The van der Waals surface area contributed by atoms with E-state index in [1.54, 1.807) is 45.9 Å². The van der Waals surface area contributed by atoms with E-state index in [9.17, 15) is 18.8 Å². The van der Waals surface area contributed by atoms with Gasteiger partial charge in [0.25, 0.3) is 0 Å². The molecule has 0 bridgehead atoms. The molecule has 10 heteroatoms. The van der Waals surface area contributed by atoms with Crippen molar-refractivity contribution in [2.75, 3.05) is 18.9 Å². The Hall–Kier alpha value is -3.69. The van der Waals surface area contributed by atoms with Crippen molar-refractivity contribution in [3.8, 4) is 0 Å². The predicted octanol–water partition coefficient (Wildman–Crippen LogP) is 5.82. The molecular formula is C33H46FN5O4. The average molecular weight is 596 g/mol. The number of rotatable bonds is 9. The molecule has 1 aromatic carbocycles. The molecule has 2 heterocycles. The van der Waals surface area contributed by atoms with Crippen LogP contribution in [0.5, 0.6) is 0 Å². The number of carbonyl (C=O) groups excluding carboxylic acids is 3. The van der Waals surface area contributed by atoms with Crippen molar-refractivity contribution >= 4 is 23.7 Å². The molecule has 1 aliphatic heterocycles. The third-order valence-electron chi connectivity index (χ3n) is 8.39. The molecule has 2 aliphatic rings. The van der Waals surface area contributed by atoms with E-state index in [1.165, 1.54) is 18.0 Å². The number of nitrogens with one attached hydrogen (secondary N) is 2. The van der Waals surface area contributed by atoms with Crippen molar-refractivity contribution in [1.82, 2.24) is 20.1 Å². The smallest absolute Gasteiger partial charge is 0.410 e. The van der Waals surface area contributed by atoms with Gasteiger partial charge in [0.05, 0.1) is 11.7 Å². The molecule has 43 heavy (non-hydrogen) atoms. The van der Waals surface area contributed by atoms with Gasteiger partial charge in [0, 0.05) is 25.7 Å². The lowest BCUT2D eigenvalue weighted by molar-refractivity contribution is -0.140. The zero-order valence-corrected chi connectivity index (χ0v) is 26.1. The molecule has 0 unspecified atom stereocenters. The van der Waals surface area contributed by atoms with Gasteiger partial charge in [0.2, 0.25) is 11.8 Å². The number of carbonyl (C=O) groups is 3. The fourth-order valence-electron chi connectivity index (χ4n) is 5.87. The molecule has 9 nitrogen and oxygen atoms in total. The van der Waals surface area contributed by atoms with Crippen LogP contribution >= 0.6 is 0 Å². The topological polar surface area (TPSA) is 104 Å². The second kappa shape index (κ2) is 14.2. The van der Waals surface area contributed by atoms with Gasteiger partial charge in [-0.2, -0.15) is 0 Å². The zero-order chi connectivity index (χ0) is 31.1. The summed E-state index contributed by atoms with van der Waals surface area (Å²) < 4.78 is 19.6. The van der Waals surface area contributed by atoms with Crippen LogP contribution < -0.4 is 10.6 Å². The van der Waals surface area contributed by atoms with E-state index in [2.05, 4.69) is 10.6 Å². The number of anilines is 1. The minimum atomic E-state index is -0.818. The van der Waals surface area contributed by atoms with Crippen LogP contribution in [0.3, 0.4) is 0 Å². The fourth-order valence-corrected chi connectivity index (χ4v) is 5.87. The number of aromatic nitrogens is 1. The van der Waals surface area contributed by atoms with Crippen LogP contribution in [-0.4, -0.2) is 64.0 Å². The van der Waals surface area contributed by atoms with Gasteiger partial charge in [-0.3, -0.25) is 14.5 Å². The average Bonchev–Trinajstić information content (AvgIpc) is 3.48. The van der Waals surface area contributed by atoms with Gasteiger partial charge in [0.1, 0.15) is 29.3 Å². The van der Waals surface area contributed by atoms with Crippen molar-refractivity contribution in [2.24, 2.45) is 5.92 Å². The van der Waals surface area contributed by atoms with Crippen molar-refractivity contribution in [2.45, 2.75) is 103 Å². The summed E-state index contributed by atoms with van der Waals surface area (Å²) in [4.78, 5) is 48.2. The molecule has 0 spiro atoms. The summed E-state index contributed by atoms with van der Waals surface area (Å²) in [6.07, 6.45) is 5.86. The van der Waals surface area contributed by atoms with Crippen LogP contribution in [0.25, 0.3) is 0 Å². The maximum atomic E-state index is 14.2.